The number of hydrogen-bond donors (Lipinski definition) is 1. The molecule has 4 nitrogen and oxygen atoms in total. The number of carbonyl (C=O) groups excluding carboxylic acids is 1. The van der Waals surface area contributed by atoms with E-state index < -0.39 is 0 Å². The van der Waals surface area contributed by atoms with Gasteiger partial charge in [-0.3, -0.25) is 4.79 Å². The lowest BCUT2D eigenvalue weighted by Gasteiger charge is -2.24. The maximum atomic E-state index is 11.4. The van der Waals surface area contributed by atoms with Crippen molar-refractivity contribution in [1.29, 1.82) is 0 Å². The zero-order valence-corrected chi connectivity index (χ0v) is 12.9. The van der Waals surface area contributed by atoms with Gasteiger partial charge in [0.1, 0.15) is 11.8 Å². The summed E-state index contributed by atoms with van der Waals surface area (Å²) >= 11 is 0. The molecule has 0 bridgehead atoms. The normalized spacial score (nSPS) is 14.5. The van der Waals surface area contributed by atoms with Gasteiger partial charge in [-0.2, -0.15) is 0 Å². The summed E-state index contributed by atoms with van der Waals surface area (Å²) < 4.78 is 5.28. The fourth-order valence-corrected chi connectivity index (χ4v) is 2.97. The molecule has 3 rings (SSSR count). The molecule has 22 heavy (non-hydrogen) atoms. The van der Waals surface area contributed by atoms with Crippen molar-refractivity contribution in [2.24, 2.45) is 5.73 Å². The van der Waals surface area contributed by atoms with Gasteiger partial charge in [0.05, 0.1) is 7.11 Å². The molecule has 0 saturated carbocycles. The molecule has 0 spiro atoms. The molecule has 2 aromatic rings. The van der Waals surface area contributed by atoms with E-state index >= 15 is 0 Å². The smallest absolute Gasteiger partial charge is 0.239 e. The van der Waals surface area contributed by atoms with Crippen molar-refractivity contribution in [2.45, 2.75) is 19.4 Å². The Morgan fingerprint density at radius 2 is 2.00 bits per heavy atom. The lowest BCUT2D eigenvalue weighted by Crippen LogP contribution is -2.41. The quantitative estimate of drug-likeness (QED) is 0.943. The van der Waals surface area contributed by atoms with Crippen molar-refractivity contribution in [1.82, 2.24) is 0 Å². The topological polar surface area (TPSA) is 55.6 Å². The summed E-state index contributed by atoms with van der Waals surface area (Å²) in [6.07, 6.45) is 0.935. The minimum atomic E-state index is -0.287. The molecule has 0 fully saturated rings. The number of amides is 1. The number of ether oxygens (including phenoxy) is 1. The molecule has 1 unspecified atom stereocenters. The Labute approximate surface area is 130 Å². The van der Waals surface area contributed by atoms with Gasteiger partial charge in [0.2, 0.25) is 5.91 Å². The fourth-order valence-electron chi connectivity index (χ4n) is 2.97. The van der Waals surface area contributed by atoms with Gasteiger partial charge in [0.15, 0.2) is 0 Å². The molecule has 1 aliphatic rings. The first-order chi connectivity index (χ1) is 10.6. The Balaban J connectivity index is 1.94. The van der Waals surface area contributed by atoms with Crippen LogP contribution < -0.4 is 15.4 Å². The molecule has 0 saturated heterocycles. The largest absolute Gasteiger partial charge is 0.497 e. The van der Waals surface area contributed by atoms with E-state index in [9.17, 15) is 4.79 Å². The monoisotopic (exact) mass is 296 g/mol. The van der Waals surface area contributed by atoms with Gasteiger partial charge in [0.25, 0.3) is 0 Å². The summed E-state index contributed by atoms with van der Waals surface area (Å²) in [5, 5.41) is 0. The molecule has 114 valence electrons. The van der Waals surface area contributed by atoms with Crippen LogP contribution in [0.25, 0.3) is 11.1 Å². The van der Waals surface area contributed by atoms with Gasteiger partial charge in [-0.25, -0.2) is 0 Å². The first kappa shape index (κ1) is 14.4. The van der Waals surface area contributed by atoms with Crippen LogP contribution in [-0.2, 0) is 11.2 Å². The molecule has 0 radical (unpaired) electrons. The Hall–Kier alpha value is -2.49. The summed E-state index contributed by atoms with van der Waals surface area (Å²) in [7, 11) is 1.67. The van der Waals surface area contributed by atoms with E-state index in [1.807, 2.05) is 25.1 Å². The maximum Gasteiger partial charge on any atom is 0.239 e. The highest BCUT2D eigenvalue weighted by molar-refractivity contribution is 5.84. The molecular weight excluding hydrogens is 276 g/mol. The predicted molar refractivity (Wildman–Crippen MR) is 88.1 cm³/mol. The molecule has 4 heteroatoms. The second-order valence-corrected chi connectivity index (χ2v) is 5.60. The number of hydrogen-bond acceptors (Lipinski definition) is 3. The SMILES string of the molecule is COc1cccc(-c2ccc3c(c2)CCN3C(C)C(N)=O)c1. The Morgan fingerprint density at radius 3 is 2.73 bits per heavy atom. The van der Waals surface area contributed by atoms with Gasteiger partial charge in [0, 0.05) is 12.2 Å². The third-order valence-electron chi connectivity index (χ3n) is 4.29. The number of anilines is 1. The number of nitrogens with zero attached hydrogens (tertiary/aromatic N) is 1. The average Bonchev–Trinajstić information content (AvgIpc) is 2.97. The van der Waals surface area contributed by atoms with Crippen molar-refractivity contribution in [3.8, 4) is 16.9 Å². The summed E-state index contributed by atoms with van der Waals surface area (Å²) in [4.78, 5) is 13.5. The fraction of sp³-hybridized carbons (Fsp3) is 0.278. The Bertz CT molecular complexity index is 712. The lowest BCUT2D eigenvalue weighted by atomic mass is 10.0. The predicted octanol–water partition coefficient (Wildman–Crippen LogP) is 2.60. The van der Waals surface area contributed by atoms with Crippen molar-refractivity contribution in [3.05, 3.63) is 48.0 Å². The zero-order valence-electron chi connectivity index (χ0n) is 12.9. The van der Waals surface area contributed by atoms with Gasteiger partial charge in [-0.05, 0) is 54.3 Å². The van der Waals surface area contributed by atoms with Gasteiger partial charge in [-0.1, -0.05) is 18.2 Å². The molecule has 0 aliphatic carbocycles. The standard InChI is InChI=1S/C18H20N2O2/c1-12(18(19)21)20-9-8-15-10-14(6-7-17(15)20)13-4-3-5-16(11-13)22-2/h3-7,10-12H,8-9H2,1-2H3,(H2,19,21). The maximum absolute atomic E-state index is 11.4. The highest BCUT2D eigenvalue weighted by atomic mass is 16.5. The molecule has 2 N–H and O–H groups in total. The van der Waals surface area contributed by atoms with Gasteiger partial charge in [-0.15, -0.1) is 0 Å². The molecule has 0 aromatic heterocycles. The molecule has 1 aliphatic heterocycles. The van der Waals surface area contributed by atoms with Gasteiger partial charge < -0.3 is 15.4 Å². The third-order valence-corrected chi connectivity index (χ3v) is 4.29. The van der Waals surface area contributed by atoms with E-state index in [0.29, 0.717) is 0 Å². The first-order valence-corrected chi connectivity index (χ1v) is 7.43. The zero-order chi connectivity index (χ0) is 15.7. The molecule has 1 atom stereocenters. The van der Waals surface area contributed by atoms with Crippen molar-refractivity contribution < 1.29 is 9.53 Å². The van der Waals surface area contributed by atoms with Crippen LogP contribution >= 0.6 is 0 Å². The molecule has 1 amide bonds. The van der Waals surface area contributed by atoms with Crippen molar-refractivity contribution in [3.63, 3.8) is 0 Å². The van der Waals surface area contributed by atoms with Gasteiger partial charge >= 0.3 is 0 Å². The number of benzene rings is 2. The number of methoxy groups -OCH3 is 1. The van der Waals surface area contributed by atoms with Crippen LogP contribution in [-0.4, -0.2) is 25.6 Å². The van der Waals surface area contributed by atoms with Crippen LogP contribution in [0.4, 0.5) is 5.69 Å². The minimum Gasteiger partial charge on any atom is -0.497 e. The van der Waals surface area contributed by atoms with E-state index in [1.165, 1.54) is 5.56 Å². The van der Waals surface area contributed by atoms with E-state index in [2.05, 4.69) is 29.2 Å². The molecule has 2 aromatic carbocycles. The lowest BCUT2D eigenvalue weighted by molar-refractivity contribution is -0.118. The van der Waals surface area contributed by atoms with E-state index in [-0.39, 0.29) is 11.9 Å². The molecular formula is C18H20N2O2. The van der Waals surface area contributed by atoms with E-state index in [4.69, 9.17) is 10.5 Å². The Kier molecular flexibility index (Phi) is 3.75. The number of rotatable bonds is 4. The number of fused-ring (bicyclic) bond motifs is 1. The Morgan fingerprint density at radius 1 is 1.23 bits per heavy atom. The van der Waals surface area contributed by atoms with Crippen molar-refractivity contribution in [2.75, 3.05) is 18.6 Å². The second-order valence-electron chi connectivity index (χ2n) is 5.60. The number of primary amides is 1. The number of nitrogens with two attached hydrogens (primary N) is 1. The highest BCUT2D eigenvalue weighted by Gasteiger charge is 2.26. The van der Waals surface area contributed by atoms with Crippen LogP contribution in [0.3, 0.4) is 0 Å². The molecule has 1 heterocycles. The summed E-state index contributed by atoms with van der Waals surface area (Å²) in [6.45, 7) is 2.69. The van der Waals surface area contributed by atoms with Crippen LogP contribution in [0.5, 0.6) is 5.75 Å². The summed E-state index contributed by atoms with van der Waals surface area (Å²) in [5.41, 5.74) is 10.1. The average molecular weight is 296 g/mol. The first-order valence-electron chi connectivity index (χ1n) is 7.43. The summed E-state index contributed by atoms with van der Waals surface area (Å²) in [5.74, 6) is 0.562. The second kappa shape index (κ2) is 5.72. The highest BCUT2D eigenvalue weighted by Crippen LogP contribution is 2.34. The van der Waals surface area contributed by atoms with Crippen LogP contribution in [0.1, 0.15) is 12.5 Å². The van der Waals surface area contributed by atoms with Crippen LogP contribution in [0.15, 0.2) is 42.5 Å². The number of carbonyl (C=O) groups is 1. The van der Waals surface area contributed by atoms with Crippen molar-refractivity contribution >= 4 is 11.6 Å². The van der Waals surface area contributed by atoms with E-state index in [1.54, 1.807) is 7.11 Å². The minimum absolute atomic E-state index is 0.274. The van der Waals surface area contributed by atoms with Crippen LogP contribution in [0.2, 0.25) is 0 Å². The van der Waals surface area contributed by atoms with Crippen LogP contribution in [0, 0.1) is 0 Å². The summed E-state index contributed by atoms with van der Waals surface area (Å²) in [6, 6.07) is 14.1. The third kappa shape index (κ3) is 2.52. The van der Waals surface area contributed by atoms with E-state index in [0.717, 1.165) is 35.5 Å².